The SMILES string of the molecule is O=C(c1c(F)cccc1Cl)N1CCN(c2cccc(Br)c2)CC1. The Balaban J connectivity index is 1.70. The Morgan fingerprint density at radius 2 is 1.78 bits per heavy atom. The molecular formula is C17H15BrClFN2O. The van der Waals surface area contributed by atoms with E-state index >= 15 is 0 Å². The molecule has 1 aliphatic heterocycles. The molecule has 2 aromatic rings. The average Bonchev–Trinajstić information content (AvgIpc) is 2.55. The fourth-order valence-corrected chi connectivity index (χ4v) is 3.33. The molecule has 23 heavy (non-hydrogen) atoms. The number of carbonyl (C=O) groups excluding carboxylic acids is 1. The van der Waals surface area contributed by atoms with Crippen molar-refractivity contribution in [1.82, 2.24) is 4.90 Å². The summed E-state index contributed by atoms with van der Waals surface area (Å²) in [6, 6.07) is 12.3. The molecule has 1 aliphatic rings. The van der Waals surface area contributed by atoms with Crippen LogP contribution in [0.5, 0.6) is 0 Å². The highest BCUT2D eigenvalue weighted by Crippen LogP contribution is 2.24. The Bertz CT molecular complexity index is 712. The number of rotatable bonds is 2. The first-order valence-electron chi connectivity index (χ1n) is 7.30. The molecule has 1 amide bonds. The lowest BCUT2D eigenvalue weighted by Gasteiger charge is -2.36. The number of carbonyl (C=O) groups is 1. The molecule has 0 aromatic heterocycles. The standard InChI is InChI=1S/C17H15BrClFN2O/c18-12-3-1-4-13(11-12)21-7-9-22(10-8-21)17(23)16-14(19)5-2-6-15(16)20/h1-6,11H,7-10H2. The summed E-state index contributed by atoms with van der Waals surface area (Å²) in [7, 11) is 0. The molecule has 6 heteroatoms. The van der Waals surface area contributed by atoms with Gasteiger partial charge in [0.2, 0.25) is 0 Å². The van der Waals surface area contributed by atoms with E-state index in [1.165, 1.54) is 18.2 Å². The summed E-state index contributed by atoms with van der Waals surface area (Å²) in [5.41, 5.74) is 1.07. The molecule has 1 saturated heterocycles. The molecule has 0 saturated carbocycles. The van der Waals surface area contributed by atoms with Gasteiger partial charge >= 0.3 is 0 Å². The number of amides is 1. The van der Waals surface area contributed by atoms with Gasteiger partial charge in [-0.25, -0.2) is 4.39 Å². The molecule has 2 aromatic carbocycles. The lowest BCUT2D eigenvalue weighted by atomic mass is 10.1. The molecule has 0 unspecified atom stereocenters. The Morgan fingerprint density at radius 1 is 1.09 bits per heavy atom. The molecule has 0 N–H and O–H groups in total. The summed E-state index contributed by atoms with van der Waals surface area (Å²) < 4.78 is 14.9. The van der Waals surface area contributed by atoms with Gasteiger partial charge in [-0.05, 0) is 30.3 Å². The van der Waals surface area contributed by atoms with Crippen molar-refractivity contribution in [2.45, 2.75) is 0 Å². The molecule has 1 heterocycles. The predicted octanol–water partition coefficient (Wildman–Crippen LogP) is 4.20. The quantitative estimate of drug-likeness (QED) is 0.758. The third-order valence-electron chi connectivity index (χ3n) is 3.92. The summed E-state index contributed by atoms with van der Waals surface area (Å²) in [5, 5.41) is 0.157. The van der Waals surface area contributed by atoms with Crippen molar-refractivity contribution >= 4 is 39.1 Å². The van der Waals surface area contributed by atoms with Crippen molar-refractivity contribution in [2.75, 3.05) is 31.1 Å². The van der Waals surface area contributed by atoms with Gasteiger partial charge in [-0.15, -0.1) is 0 Å². The third-order valence-corrected chi connectivity index (χ3v) is 4.73. The third kappa shape index (κ3) is 3.51. The van der Waals surface area contributed by atoms with E-state index in [0.717, 1.165) is 10.2 Å². The maximum Gasteiger partial charge on any atom is 0.258 e. The van der Waals surface area contributed by atoms with Crippen LogP contribution in [0.1, 0.15) is 10.4 Å². The second-order valence-corrected chi connectivity index (χ2v) is 6.68. The fourth-order valence-electron chi connectivity index (χ4n) is 2.70. The van der Waals surface area contributed by atoms with E-state index in [4.69, 9.17) is 11.6 Å². The van der Waals surface area contributed by atoms with E-state index in [9.17, 15) is 9.18 Å². The Morgan fingerprint density at radius 3 is 2.43 bits per heavy atom. The largest absolute Gasteiger partial charge is 0.368 e. The zero-order valence-corrected chi connectivity index (χ0v) is 14.6. The van der Waals surface area contributed by atoms with E-state index in [1.807, 2.05) is 24.3 Å². The van der Waals surface area contributed by atoms with Crippen LogP contribution >= 0.6 is 27.5 Å². The van der Waals surface area contributed by atoms with Gasteiger partial charge in [0, 0.05) is 36.3 Å². The minimum atomic E-state index is -0.572. The van der Waals surface area contributed by atoms with Crippen LogP contribution in [0.4, 0.5) is 10.1 Å². The smallest absolute Gasteiger partial charge is 0.258 e. The lowest BCUT2D eigenvalue weighted by molar-refractivity contribution is 0.0742. The van der Waals surface area contributed by atoms with Crippen LogP contribution in [0.3, 0.4) is 0 Å². The molecule has 1 fully saturated rings. The van der Waals surface area contributed by atoms with E-state index in [1.54, 1.807) is 4.90 Å². The average molecular weight is 398 g/mol. The first kappa shape index (κ1) is 16.3. The van der Waals surface area contributed by atoms with E-state index in [-0.39, 0.29) is 16.5 Å². The Labute approximate surface area is 147 Å². The van der Waals surface area contributed by atoms with Gasteiger partial charge in [-0.3, -0.25) is 4.79 Å². The number of hydrogen-bond donors (Lipinski definition) is 0. The van der Waals surface area contributed by atoms with Gasteiger partial charge in [0.05, 0.1) is 10.6 Å². The van der Waals surface area contributed by atoms with E-state index in [0.29, 0.717) is 26.2 Å². The van der Waals surface area contributed by atoms with Crippen LogP contribution in [-0.2, 0) is 0 Å². The maximum absolute atomic E-state index is 13.9. The topological polar surface area (TPSA) is 23.6 Å². The number of halogens is 3. The summed E-state index contributed by atoms with van der Waals surface area (Å²) in [6.07, 6.45) is 0. The van der Waals surface area contributed by atoms with Gasteiger partial charge in [-0.2, -0.15) is 0 Å². The summed E-state index contributed by atoms with van der Waals surface area (Å²) in [5.74, 6) is -0.918. The first-order chi connectivity index (χ1) is 11.1. The molecule has 3 rings (SSSR count). The van der Waals surface area contributed by atoms with Crippen molar-refractivity contribution in [3.8, 4) is 0 Å². The zero-order valence-electron chi connectivity index (χ0n) is 12.3. The zero-order chi connectivity index (χ0) is 16.4. The molecule has 0 radical (unpaired) electrons. The molecule has 0 aliphatic carbocycles. The van der Waals surface area contributed by atoms with Crippen LogP contribution in [-0.4, -0.2) is 37.0 Å². The van der Waals surface area contributed by atoms with Crippen LogP contribution < -0.4 is 4.90 Å². The Kier molecular flexibility index (Phi) is 4.87. The van der Waals surface area contributed by atoms with Crippen molar-refractivity contribution in [1.29, 1.82) is 0 Å². The van der Waals surface area contributed by atoms with Crippen LogP contribution in [0.15, 0.2) is 46.9 Å². The van der Waals surface area contributed by atoms with Crippen molar-refractivity contribution in [3.63, 3.8) is 0 Å². The molecule has 0 spiro atoms. The molecule has 0 bridgehead atoms. The number of benzene rings is 2. The number of piperazine rings is 1. The number of anilines is 1. The summed E-state index contributed by atoms with van der Waals surface area (Å²) in [6.45, 7) is 2.48. The van der Waals surface area contributed by atoms with Crippen LogP contribution in [0.25, 0.3) is 0 Å². The highest BCUT2D eigenvalue weighted by Gasteiger charge is 2.25. The van der Waals surface area contributed by atoms with Crippen LogP contribution in [0, 0.1) is 5.82 Å². The number of nitrogens with zero attached hydrogens (tertiary/aromatic N) is 2. The van der Waals surface area contributed by atoms with Gasteiger partial charge in [0.25, 0.3) is 5.91 Å². The monoisotopic (exact) mass is 396 g/mol. The number of hydrogen-bond acceptors (Lipinski definition) is 2. The lowest BCUT2D eigenvalue weighted by Crippen LogP contribution is -2.49. The van der Waals surface area contributed by atoms with Crippen LogP contribution in [0.2, 0.25) is 5.02 Å². The van der Waals surface area contributed by atoms with Gasteiger partial charge in [-0.1, -0.05) is 39.7 Å². The second-order valence-electron chi connectivity index (χ2n) is 5.36. The predicted molar refractivity (Wildman–Crippen MR) is 93.7 cm³/mol. The normalized spacial score (nSPS) is 14.9. The molecular weight excluding hydrogens is 383 g/mol. The maximum atomic E-state index is 13.9. The minimum Gasteiger partial charge on any atom is -0.368 e. The fraction of sp³-hybridized carbons (Fsp3) is 0.235. The van der Waals surface area contributed by atoms with E-state index < -0.39 is 5.82 Å². The van der Waals surface area contributed by atoms with Crippen molar-refractivity contribution in [3.05, 3.63) is 63.3 Å². The van der Waals surface area contributed by atoms with Gasteiger partial charge < -0.3 is 9.80 Å². The Hall–Kier alpha value is -1.59. The van der Waals surface area contributed by atoms with Crippen molar-refractivity contribution < 1.29 is 9.18 Å². The summed E-state index contributed by atoms with van der Waals surface area (Å²) >= 11 is 9.45. The second kappa shape index (κ2) is 6.89. The van der Waals surface area contributed by atoms with Gasteiger partial charge in [0.15, 0.2) is 0 Å². The highest BCUT2D eigenvalue weighted by atomic mass is 79.9. The van der Waals surface area contributed by atoms with Gasteiger partial charge in [0.1, 0.15) is 5.82 Å². The van der Waals surface area contributed by atoms with E-state index in [2.05, 4.69) is 20.8 Å². The first-order valence-corrected chi connectivity index (χ1v) is 8.47. The summed E-state index contributed by atoms with van der Waals surface area (Å²) in [4.78, 5) is 16.4. The minimum absolute atomic E-state index is 0.0370. The van der Waals surface area contributed by atoms with Crippen molar-refractivity contribution in [2.24, 2.45) is 0 Å². The molecule has 3 nitrogen and oxygen atoms in total. The molecule has 120 valence electrons. The highest BCUT2D eigenvalue weighted by molar-refractivity contribution is 9.10. The molecule has 0 atom stereocenters.